The number of carbonyl (C=O) groups is 3. The van der Waals surface area contributed by atoms with Crippen LogP contribution in [0, 0.1) is 5.92 Å². The number of benzene rings is 1. The Balaban J connectivity index is 1.87. The largest absolute Gasteiger partial charge is 0.481 e. The molecule has 0 radical (unpaired) electrons. The van der Waals surface area contributed by atoms with Gasteiger partial charge in [-0.3, -0.25) is 14.4 Å². The average Bonchev–Trinajstić information content (AvgIpc) is 3.01. The average molecular weight is 288 g/mol. The van der Waals surface area contributed by atoms with Gasteiger partial charge in [-0.25, -0.2) is 0 Å². The topological polar surface area (TPSA) is 77.9 Å². The number of nitrogens with zero attached hydrogens (tertiary/aromatic N) is 2. The fourth-order valence-corrected chi connectivity index (χ4v) is 3.01. The van der Waals surface area contributed by atoms with E-state index >= 15 is 0 Å². The molecule has 1 aromatic rings. The molecular formula is C15H16N2O4. The van der Waals surface area contributed by atoms with Gasteiger partial charge in [0.1, 0.15) is 0 Å². The maximum Gasteiger partial charge on any atom is 0.308 e. The summed E-state index contributed by atoms with van der Waals surface area (Å²) < 4.78 is 0. The smallest absolute Gasteiger partial charge is 0.308 e. The summed E-state index contributed by atoms with van der Waals surface area (Å²) in [6, 6.07) is 5.50. The third kappa shape index (κ3) is 2.26. The third-order valence-electron chi connectivity index (χ3n) is 4.12. The van der Waals surface area contributed by atoms with Crippen molar-refractivity contribution in [2.24, 2.45) is 5.92 Å². The molecule has 1 fully saturated rings. The van der Waals surface area contributed by atoms with Crippen molar-refractivity contribution in [1.82, 2.24) is 0 Å². The zero-order valence-corrected chi connectivity index (χ0v) is 11.7. The van der Waals surface area contributed by atoms with Crippen molar-refractivity contribution in [1.29, 1.82) is 0 Å². The number of carbonyl (C=O) groups excluding carboxylic acids is 2. The molecule has 1 unspecified atom stereocenters. The zero-order chi connectivity index (χ0) is 15.1. The molecule has 0 spiro atoms. The predicted molar refractivity (Wildman–Crippen MR) is 76.3 cm³/mol. The van der Waals surface area contributed by atoms with Crippen LogP contribution in [0.2, 0.25) is 0 Å². The molecule has 110 valence electrons. The highest BCUT2D eigenvalue weighted by molar-refractivity contribution is 6.00. The van der Waals surface area contributed by atoms with Crippen LogP contribution in [0.3, 0.4) is 0 Å². The van der Waals surface area contributed by atoms with E-state index < -0.39 is 11.9 Å². The van der Waals surface area contributed by atoms with Crippen LogP contribution in [0.1, 0.15) is 18.9 Å². The molecule has 2 heterocycles. The molecule has 1 atom stereocenters. The molecule has 1 aromatic carbocycles. The van der Waals surface area contributed by atoms with E-state index in [1.54, 1.807) is 11.0 Å². The highest BCUT2D eigenvalue weighted by atomic mass is 16.4. The highest BCUT2D eigenvalue weighted by Gasteiger charge is 2.35. The van der Waals surface area contributed by atoms with Crippen molar-refractivity contribution in [3.05, 3.63) is 23.8 Å². The second kappa shape index (κ2) is 4.87. The molecule has 2 aliphatic rings. The van der Waals surface area contributed by atoms with Crippen LogP contribution >= 0.6 is 0 Å². The molecule has 0 bridgehead atoms. The Bertz CT molecular complexity index is 641. The Morgan fingerprint density at radius 1 is 1.33 bits per heavy atom. The maximum atomic E-state index is 12.0. The van der Waals surface area contributed by atoms with Gasteiger partial charge in [0.05, 0.1) is 5.92 Å². The first-order chi connectivity index (χ1) is 9.97. The standard InChI is InChI=1S/C15H16N2O4/c1-9(18)16-5-4-10-6-12(2-3-13(10)16)17-8-11(15(20)21)7-14(17)19/h2-3,6,11H,4-5,7-8H2,1H3,(H,20,21). The SMILES string of the molecule is CC(=O)N1CCc2cc(N3CC(C(=O)O)CC3=O)ccc21. The molecule has 6 heteroatoms. The summed E-state index contributed by atoms with van der Waals surface area (Å²) in [5, 5.41) is 9.02. The summed E-state index contributed by atoms with van der Waals surface area (Å²) in [5.74, 6) is -1.73. The van der Waals surface area contributed by atoms with E-state index in [1.807, 2.05) is 12.1 Å². The van der Waals surface area contributed by atoms with Crippen molar-refractivity contribution in [2.45, 2.75) is 19.8 Å². The van der Waals surface area contributed by atoms with Gasteiger partial charge in [-0.15, -0.1) is 0 Å². The number of carboxylic acid groups (broad SMARTS) is 1. The molecule has 6 nitrogen and oxygen atoms in total. The van der Waals surface area contributed by atoms with Crippen LogP contribution in [-0.2, 0) is 20.8 Å². The molecule has 21 heavy (non-hydrogen) atoms. The highest BCUT2D eigenvalue weighted by Crippen LogP contribution is 2.33. The normalized spacial score (nSPS) is 20.8. The quantitative estimate of drug-likeness (QED) is 0.881. The molecule has 0 aliphatic carbocycles. The monoisotopic (exact) mass is 288 g/mol. The summed E-state index contributed by atoms with van der Waals surface area (Å²) in [4.78, 5) is 37.7. The lowest BCUT2D eigenvalue weighted by Crippen LogP contribution is -2.26. The van der Waals surface area contributed by atoms with Crippen LogP contribution in [0.4, 0.5) is 11.4 Å². The van der Waals surface area contributed by atoms with Crippen LogP contribution in [0.25, 0.3) is 0 Å². The number of fused-ring (bicyclic) bond motifs is 1. The second-order valence-corrected chi connectivity index (χ2v) is 5.48. The van der Waals surface area contributed by atoms with E-state index in [2.05, 4.69) is 0 Å². The number of hydrogen-bond acceptors (Lipinski definition) is 3. The molecule has 2 amide bonds. The lowest BCUT2D eigenvalue weighted by atomic mass is 10.1. The Hall–Kier alpha value is -2.37. The van der Waals surface area contributed by atoms with Crippen molar-refractivity contribution in [3.8, 4) is 0 Å². The van der Waals surface area contributed by atoms with Gasteiger partial charge in [0.25, 0.3) is 0 Å². The third-order valence-corrected chi connectivity index (χ3v) is 4.12. The van der Waals surface area contributed by atoms with Crippen LogP contribution in [-0.4, -0.2) is 36.0 Å². The number of aliphatic carboxylic acids is 1. The lowest BCUT2D eigenvalue weighted by molar-refractivity contribution is -0.141. The van der Waals surface area contributed by atoms with E-state index in [0.717, 1.165) is 17.7 Å². The van der Waals surface area contributed by atoms with Gasteiger partial charge in [-0.2, -0.15) is 0 Å². The Morgan fingerprint density at radius 2 is 2.10 bits per heavy atom. The molecule has 1 N–H and O–H groups in total. The number of anilines is 2. The summed E-state index contributed by atoms with van der Waals surface area (Å²) in [7, 11) is 0. The van der Waals surface area contributed by atoms with Crippen LogP contribution in [0.15, 0.2) is 18.2 Å². The van der Waals surface area contributed by atoms with E-state index in [0.29, 0.717) is 12.2 Å². The predicted octanol–water partition coefficient (Wildman–Crippen LogP) is 1.03. The van der Waals surface area contributed by atoms with E-state index in [1.165, 1.54) is 11.8 Å². The minimum atomic E-state index is -0.935. The van der Waals surface area contributed by atoms with Crippen LogP contribution in [0.5, 0.6) is 0 Å². The fraction of sp³-hybridized carbons (Fsp3) is 0.400. The van der Waals surface area contributed by atoms with Crippen molar-refractivity contribution in [3.63, 3.8) is 0 Å². The molecular weight excluding hydrogens is 272 g/mol. The minimum absolute atomic E-state index is 0.00434. The first kappa shape index (κ1) is 13.6. The second-order valence-electron chi connectivity index (χ2n) is 5.48. The van der Waals surface area contributed by atoms with Gasteiger partial charge in [-0.1, -0.05) is 0 Å². The minimum Gasteiger partial charge on any atom is -0.481 e. The van der Waals surface area contributed by atoms with Gasteiger partial charge in [-0.05, 0) is 30.2 Å². The number of carboxylic acids is 1. The van der Waals surface area contributed by atoms with Gasteiger partial charge < -0.3 is 14.9 Å². The zero-order valence-electron chi connectivity index (χ0n) is 11.7. The fourth-order valence-electron chi connectivity index (χ4n) is 3.01. The van der Waals surface area contributed by atoms with E-state index in [-0.39, 0.29) is 24.8 Å². The van der Waals surface area contributed by atoms with Crippen LogP contribution < -0.4 is 9.80 Å². The Labute approximate surface area is 122 Å². The van der Waals surface area contributed by atoms with Crippen molar-refractivity contribution in [2.75, 3.05) is 22.9 Å². The molecule has 0 saturated carbocycles. The Morgan fingerprint density at radius 3 is 2.71 bits per heavy atom. The first-order valence-electron chi connectivity index (χ1n) is 6.91. The summed E-state index contributed by atoms with van der Waals surface area (Å²) in [6.07, 6.45) is 0.805. The first-order valence-corrected chi connectivity index (χ1v) is 6.91. The molecule has 3 rings (SSSR count). The van der Waals surface area contributed by atoms with Crippen molar-refractivity contribution >= 4 is 29.2 Å². The number of hydrogen-bond donors (Lipinski definition) is 1. The van der Waals surface area contributed by atoms with Gasteiger partial charge in [0.2, 0.25) is 11.8 Å². The van der Waals surface area contributed by atoms with Gasteiger partial charge in [0.15, 0.2) is 0 Å². The molecule has 2 aliphatic heterocycles. The van der Waals surface area contributed by atoms with Gasteiger partial charge in [0, 0.05) is 37.8 Å². The van der Waals surface area contributed by atoms with Crippen molar-refractivity contribution < 1.29 is 19.5 Å². The summed E-state index contributed by atoms with van der Waals surface area (Å²) >= 11 is 0. The summed E-state index contributed by atoms with van der Waals surface area (Å²) in [5.41, 5.74) is 2.62. The maximum absolute atomic E-state index is 12.0. The lowest BCUT2D eigenvalue weighted by Gasteiger charge is -2.19. The molecule has 0 aromatic heterocycles. The number of amides is 2. The van der Waals surface area contributed by atoms with E-state index in [9.17, 15) is 14.4 Å². The Kier molecular flexibility index (Phi) is 3.16. The van der Waals surface area contributed by atoms with E-state index in [4.69, 9.17) is 5.11 Å². The van der Waals surface area contributed by atoms with Gasteiger partial charge >= 0.3 is 5.97 Å². The molecule has 1 saturated heterocycles. The summed E-state index contributed by atoms with van der Waals surface area (Å²) in [6.45, 7) is 2.40. The number of rotatable bonds is 2.